The molecule has 1 aromatic carbocycles. The van der Waals surface area contributed by atoms with Gasteiger partial charge in [-0.2, -0.15) is 0 Å². The van der Waals surface area contributed by atoms with Crippen molar-refractivity contribution in [2.45, 2.75) is 13.0 Å². The van der Waals surface area contributed by atoms with Gasteiger partial charge in [-0.15, -0.1) is 0 Å². The maximum atomic E-state index is 6.23. The summed E-state index contributed by atoms with van der Waals surface area (Å²) in [5.74, 6) is 0. The fourth-order valence-corrected chi connectivity index (χ4v) is 2.62. The molecule has 0 saturated carbocycles. The zero-order chi connectivity index (χ0) is 13.7. The number of hydrogen-bond acceptors (Lipinski definition) is 2. The van der Waals surface area contributed by atoms with Crippen LogP contribution in [0.2, 0.25) is 5.02 Å². The van der Waals surface area contributed by atoms with Crippen molar-refractivity contribution in [2.75, 3.05) is 13.6 Å². The fourth-order valence-electron chi connectivity index (χ4n) is 1.89. The maximum absolute atomic E-state index is 6.23. The van der Waals surface area contributed by atoms with Crippen molar-refractivity contribution in [2.24, 2.45) is 0 Å². The Morgan fingerprint density at radius 2 is 1.95 bits per heavy atom. The molecule has 4 heteroatoms. The van der Waals surface area contributed by atoms with E-state index in [0.717, 1.165) is 34.6 Å². The lowest BCUT2D eigenvalue weighted by Gasteiger charge is -2.17. The number of benzene rings is 1. The number of nitrogens with zero attached hydrogens (tertiary/aromatic N) is 2. The van der Waals surface area contributed by atoms with Gasteiger partial charge in [0.15, 0.2) is 0 Å². The minimum atomic E-state index is 0.810. The first kappa shape index (κ1) is 14.5. The monoisotopic (exact) mass is 338 g/mol. The summed E-state index contributed by atoms with van der Waals surface area (Å²) in [5, 5.41) is 0.810. The van der Waals surface area contributed by atoms with Crippen LogP contribution in [0.3, 0.4) is 0 Å². The third-order valence-electron chi connectivity index (χ3n) is 2.99. The van der Waals surface area contributed by atoms with Gasteiger partial charge in [-0.3, -0.25) is 4.98 Å². The minimum absolute atomic E-state index is 0.810. The minimum Gasteiger partial charge on any atom is -0.302 e. The Hall–Kier alpha value is -0.900. The number of rotatable bonds is 5. The maximum Gasteiger partial charge on any atom is 0.0462 e. The van der Waals surface area contributed by atoms with Gasteiger partial charge < -0.3 is 4.90 Å². The summed E-state index contributed by atoms with van der Waals surface area (Å²) in [4.78, 5) is 6.30. The highest BCUT2D eigenvalue weighted by Crippen LogP contribution is 2.22. The first-order valence-electron chi connectivity index (χ1n) is 6.16. The normalized spacial score (nSPS) is 10.9. The molecule has 0 unspecified atom stereocenters. The SMILES string of the molecule is CN(CCc1ccncc1)Cc1ccc(Br)cc1Cl. The van der Waals surface area contributed by atoms with Crippen LogP contribution in [0.4, 0.5) is 0 Å². The van der Waals surface area contributed by atoms with Crippen molar-refractivity contribution in [1.29, 1.82) is 0 Å². The van der Waals surface area contributed by atoms with Gasteiger partial charge in [-0.25, -0.2) is 0 Å². The van der Waals surface area contributed by atoms with Crippen molar-refractivity contribution >= 4 is 27.5 Å². The highest BCUT2D eigenvalue weighted by molar-refractivity contribution is 9.10. The molecule has 1 heterocycles. The Morgan fingerprint density at radius 3 is 2.63 bits per heavy atom. The lowest BCUT2D eigenvalue weighted by molar-refractivity contribution is 0.331. The molecule has 0 N–H and O–H groups in total. The fraction of sp³-hybridized carbons (Fsp3) is 0.267. The lowest BCUT2D eigenvalue weighted by atomic mass is 10.1. The Morgan fingerprint density at radius 1 is 1.21 bits per heavy atom. The zero-order valence-electron chi connectivity index (χ0n) is 10.8. The zero-order valence-corrected chi connectivity index (χ0v) is 13.2. The molecule has 0 radical (unpaired) electrons. The van der Waals surface area contributed by atoms with Crippen LogP contribution in [0, 0.1) is 0 Å². The summed E-state index contributed by atoms with van der Waals surface area (Å²) in [5.41, 5.74) is 2.46. The van der Waals surface area contributed by atoms with Crippen molar-refractivity contribution in [3.63, 3.8) is 0 Å². The summed E-state index contributed by atoms with van der Waals surface area (Å²) in [6, 6.07) is 10.1. The summed E-state index contributed by atoms with van der Waals surface area (Å²) in [6.07, 6.45) is 4.69. The van der Waals surface area contributed by atoms with Crippen LogP contribution in [0.25, 0.3) is 0 Å². The molecular formula is C15H16BrClN2. The van der Waals surface area contributed by atoms with E-state index in [9.17, 15) is 0 Å². The average Bonchev–Trinajstić information content (AvgIpc) is 2.41. The number of likely N-dealkylation sites (N-methyl/N-ethyl adjacent to an activating group) is 1. The van der Waals surface area contributed by atoms with Gasteiger partial charge >= 0.3 is 0 Å². The van der Waals surface area contributed by atoms with E-state index in [1.807, 2.05) is 24.5 Å². The van der Waals surface area contributed by atoms with Gasteiger partial charge in [0, 0.05) is 35.0 Å². The first-order chi connectivity index (χ1) is 9.15. The highest BCUT2D eigenvalue weighted by Gasteiger charge is 2.05. The standard InChI is InChI=1S/C15H16BrClN2/c1-19(9-6-12-4-7-18-8-5-12)11-13-2-3-14(16)10-15(13)17/h2-5,7-8,10H,6,9,11H2,1H3. The van der Waals surface area contributed by atoms with Crippen LogP contribution >= 0.6 is 27.5 Å². The van der Waals surface area contributed by atoms with Gasteiger partial charge in [-0.05, 0) is 48.9 Å². The van der Waals surface area contributed by atoms with E-state index in [2.05, 4.69) is 51.1 Å². The van der Waals surface area contributed by atoms with E-state index >= 15 is 0 Å². The molecule has 0 spiro atoms. The molecule has 0 aliphatic rings. The predicted octanol–water partition coefficient (Wildman–Crippen LogP) is 4.17. The molecule has 0 amide bonds. The van der Waals surface area contributed by atoms with E-state index in [1.165, 1.54) is 5.56 Å². The molecule has 2 aromatic rings. The largest absolute Gasteiger partial charge is 0.302 e. The average molecular weight is 340 g/mol. The molecular weight excluding hydrogens is 324 g/mol. The van der Waals surface area contributed by atoms with Crippen molar-refractivity contribution in [3.05, 3.63) is 63.3 Å². The molecule has 0 fully saturated rings. The third kappa shape index (κ3) is 4.60. The van der Waals surface area contributed by atoms with Crippen LogP contribution in [-0.4, -0.2) is 23.5 Å². The summed E-state index contributed by atoms with van der Waals surface area (Å²) >= 11 is 9.65. The van der Waals surface area contributed by atoms with E-state index in [4.69, 9.17) is 11.6 Å². The molecule has 0 saturated heterocycles. The number of hydrogen-bond donors (Lipinski definition) is 0. The molecule has 2 rings (SSSR count). The predicted molar refractivity (Wildman–Crippen MR) is 83.4 cm³/mol. The number of aromatic nitrogens is 1. The summed E-state index contributed by atoms with van der Waals surface area (Å²) in [6.45, 7) is 1.85. The van der Waals surface area contributed by atoms with Gasteiger partial charge in [-0.1, -0.05) is 33.6 Å². The Kier molecular flexibility index (Phi) is 5.37. The molecule has 0 atom stereocenters. The molecule has 0 bridgehead atoms. The van der Waals surface area contributed by atoms with Gasteiger partial charge in [0.1, 0.15) is 0 Å². The second-order valence-electron chi connectivity index (χ2n) is 4.58. The van der Waals surface area contributed by atoms with Crippen LogP contribution in [0.1, 0.15) is 11.1 Å². The molecule has 1 aromatic heterocycles. The smallest absolute Gasteiger partial charge is 0.0462 e. The third-order valence-corrected chi connectivity index (χ3v) is 3.83. The first-order valence-corrected chi connectivity index (χ1v) is 7.33. The van der Waals surface area contributed by atoms with Gasteiger partial charge in [0.2, 0.25) is 0 Å². The highest BCUT2D eigenvalue weighted by atomic mass is 79.9. The molecule has 2 nitrogen and oxygen atoms in total. The van der Waals surface area contributed by atoms with Gasteiger partial charge in [0.25, 0.3) is 0 Å². The van der Waals surface area contributed by atoms with Crippen LogP contribution < -0.4 is 0 Å². The van der Waals surface area contributed by atoms with E-state index < -0.39 is 0 Å². The second kappa shape index (κ2) is 7.04. The van der Waals surface area contributed by atoms with Crippen molar-refractivity contribution in [3.8, 4) is 0 Å². The summed E-state index contributed by atoms with van der Waals surface area (Å²) in [7, 11) is 2.11. The topological polar surface area (TPSA) is 16.1 Å². The van der Waals surface area contributed by atoms with E-state index in [-0.39, 0.29) is 0 Å². The molecule has 19 heavy (non-hydrogen) atoms. The van der Waals surface area contributed by atoms with Gasteiger partial charge in [0.05, 0.1) is 0 Å². The Balaban J connectivity index is 1.89. The second-order valence-corrected chi connectivity index (χ2v) is 5.90. The lowest BCUT2D eigenvalue weighted by Crippen LogP contribution is -2.20. The van der Waals surface area contributed by atoms with Crippen LogP contribution in [0.5, 0.6) is 0 Å². The number of halogens is 2. The van der Waals surface area contributed by atoms with E-state index in [1.54, 1.807) is 0 Å². The Bertz CT molecular complexity index is 531. The number of pyridine rings is 1. The van der Waals surface area contributed by atoms with Crippen LogP contribution in [0.15, 0.2) is 47.2 Å². The van der Waals surface area contributed by atoms with Crippen molar-refractivity contribution < 1.29 is 0 Å². The Labute approximate surface area is 127 Å². The molecule has 100 valence electrons. The van der Waals surface area contributed by atoms with E-state index in [0.29, 0.717) is 0 Å². The van der Waals surface area contributed by atoms with Crippen molar-refractivity contribution in [1.82, 2.24) is 9.88 Å². The quantitative estimate of drug-likeness (QED) is 0.812. The van der Waals surface area contributed by atoms with Crippen LogP contribution in [-0.2, 0) is 13.0 Å². The summed E-state index contributed by atoms with van der Waals surface area (Å²) < 4.78 is 1.01. The molecule has 0 aliphatic carbocycles. The molecule has 0 aliphatic heterocycles.